The SMILES string of the molecule is c1ccc(-c2cccc3c4ccc(-c5ccc6c(c5)c5ccccc5n6-c5ccccc5)cc4n(-c4ccccc4)c23)cc1. The van der Waals surface area contributed by atoms with Gasteiger partial charge in [-0.3, -0.25) is 0 Å². The highest BCUT2D eigenvalue weighted by atomic mass is 15.0. The summed E-state index contributed by atoms with van der Waals surface area (Å²) >= 11 is 0. The molecule has 0 aliphatic carbocycles. The third-order valence-electron chi connectivity index (χ3n) is 8.91. The molecule has 7 aromatic carbocycles. The van der Waals surface area contributed by atoms with Crippen LogP contribution in [-0.2, 0) is 0 Å². The second kappa shape index (κ2) is 9.86. The molecule has 0 spiro atoms. The van der Waals surface area contributed by atoms with E-state index in [2.05, 4.69) is 179 Å². The van der Waals surface area contributed by atoms with Crippen LogP contribution in [0, 0.1) is 0 Å². The fourth-order valence-electron chi connectivity index (χ4n) is 6.95. The molecule has 2 heterocycles. The Balaban J connectivity index is 1.31. The Morgan fingerprint density at radius 3 is 1.64 bits per heavy atom. The van der Waals surface area contributed by atoms with Crippen molar-refractivity contribution in [2.45, 2.75) is 0 Å². The van der Waals surface area contributed by atoms with Crippen molar-refractivity contribution in [3.05, 3.63) is 170 Å². The van der Waals surface area contributed by atoms with Crippen LogP contribution in [0.3, 0.4) is 0 Å². The van der Waals surface area contributed by atoms with Crippen molar-refractivity contribution < 1.29 is 0 Å². The average molecular weight is 561 g/mol. The molecule has 0 saturated heterocycles. The molecule has 0 aliphatic heterocycles. The van der Waals surface area contributed by atoms with Gasteiger partial charge in [-0.15, -0.1) is 0 Å². The average Bonchev–Trinajstić information content (AvgIpc) is 3.61. The van der Waals surface area contributed by atoms with Crippen molar-refractivity contribution in [3.8, 4) is 33.6 Å². The molecule has 2 aromatic heterocycles. The van der Waals surface area contributed by atoms with Gasteiger partial charge in [-0.25, -0.2) is 0 Å². The van der Waals surface area contributed by atoms with E-state index < -0.39 is 0 Å². The minimum Gasteiger partial charge on any atom is -0.309 e. The minimum atomic E-state index is 1.16. The topological polar surface area (TPSA) is 9.86 Å². The minimum absolute atomic E-state index is 1.16. The van der Waals surface area contributed by atoms with Gasteiger partial charge < -0.3 is 9.13 Å². The van der Waals surface area contributed by atoms with E-state index in [1.54, 1.807) is 0 Å². The highest BCUT2D eigenvalue weighted by Gasteiger charge is 2.18. The maximum atomic E-state index is 2.44. The first-order valence-corrected chi connectivity index (χ1v) is 15.1. The van der Waals surface area contributed by atoms with Crippen LogP contribution in [0.25, 0.3) is 77.2 Å². The van der Waals surface area contributed by atoms with Crippen molar-refractivity contribution in [3.63, 3.8) is 0 Å². The first-order valence-electron chi connectivity index (χ1n) is 15.1. The fourth-order valence-corrected chi connectivity index (χ4v) is 6.95. The van der Waals surface area contributed by atoms with Crippen molar-refractivity contribution in [1.29, 1.82) is 0 Å². The Kier molecular flexibility index (Phi) is 5.54. The Hall–Kier alpha value is -5.86. The van der Waals surface area contributed by atoms with Gasteiger partial charge >= 0.3 is 0 Å². The van der Waals surface area contributed by atoms with E-state index in [9.17, 15) is 0 Å². The Morgan fingerprint density at radius 2 is 0.864 bits per heavy atom. The number of benzene rings is 7. The van der Waals surface area contributed by atoms with Crippen LogP contribution in [0.5, 0.6) is 0 Å². The molecule has 2 heteroatoms. The third kappa shape index (κ3) is 3.75. The van der Waals surface area contributed by atoms with Crippen LogP contribution < -0.4 is 0 Å². The summed E-state index contributed by atoms with van der Waals surface area (Å²) < 4.78 is 4.81. The number of nitrogens with zero attached hydrogens (tertiary/aromatic N) is 2. The molecule has 2 nitrogen and oxygen atoms in total. The van der Waals surface area contributed by atoms with E-state index in [1.807, 2.05) is 0 Å². The van der Waals surface area contributed by atoms with Crippen LogP contribution in [0.4, 0.5) is 0 Å². The van der Waals surface area contributed by atoms with Crippen LogP contribution in [0.15, 0.2) is 170 Å². The highest BCUT2D eigenvalue weighted by Crippen LogP contribution is 2.40. The lowest BCUT2D eigenvalue weighted by molar-refractivity contribution is 1.18. The van der Waals surface area contributed by atoms with Crippen molar-refractivity contribution in [2.24, 2.45) is 0 Å². The van der Waals surface area contributed by atoms with E-state index >= 15 is 0 Å². The second-order valence-electron chi connectivity index (χ2n) is 11.4. The van der Waals surface area contributed by atoms with E-state index in [0.29, 0.717) is 0 Å². The number of para-hydroxylation sites is 4. The molecule has 206 valence electrons. The summed E-state index contributed by atoms with van der Waals surface area (Å²) in [7, 11) is 0. The van der Waals surface area contributed by atoms with Gasteiger partial charge in [0.2, 0.25) is 0 Å². The molecule has 0 amide bonds. The van der Waals surface area contributed by atoms with E-state index in [4.69, 9.17) is 0 Å². The lowest BCUT2D eigenvalue weighted by Gasteiger charge is -2.12. The van der Waals surface area contributed by atoms with Crippen LogP contribution in [-0.4, -0.2) is 9.13 Å². The Bertz CT molecular complexity index is 2470. The lowest BCUT2D eigenvalue weighted by Crippen LogP contribution is -1.95. The largest absolute Gasteiger partial charge is 0.309 e. The summed E-state index contributed by atoms with van der Waals surface area (Å²) in [4.78, 5) is 0. The van der Waals surface area contributed by atoms with Crippen molar-refractivity contribution >= 4 is 43.6 Å². The Morgan fingerprint density at radius 1 is 0.295 bits per heavy atom. The maximum absolute atomic E-state index is 2.44. The van der Waals surface area contributed by atoms with Crippen LogP contribution >= 0.6 is 0 Å². The number of hydrogen-bond donors (Lipinski definition) is 0. The lowest BCUT2D eigenvalue weighted by atomic mass is 10.00. The van der Waals surface area contributed by atoms with E-state index in [-0.39, 0.29) is 0 Å². The molecule has 0 aliphatic rings. The van der Waals surface area contributed by atoms with Crippen LogP contribution in [0.2, 0.25) is 0 Å². The van der Waals surface area contributed by atoms with Gasteiger partial charge in [0.25, 0.3) is 0 Å². The summed E-state index contributed by atoms with van der Waals surface area (Å²) in [5.74, 6) is 0. The zero-order valence-electron chi connectivity index (χ0n) is 24.1. The van der Waals surface area contributed by atoms with Gasteiger partial charge in [-0.2, -0.15) is 0 Å². The fraction of sp³-hybridized carbons (Fsp3) is 0. The standard InChI is InChI=1S/C42H28N2/c1-4-13-29(14-5-1)34-20-12-21-37-36-25-23-31(28-41(36)44(42(34)37)33-17-8-3-9-18-33)30-24-26-40-38(27-30)35-19-10-11-22-39(35)43(40)32-15-6-2-7-16-32/h1-28H. The third-order valence-corrected chi connectivity index (χ3v) is 8.91. The molecule has 44 heavy (non-hydrogen) atoms. The number of rotatable bonds is 4. The second-order valence-corrected chi connectivity index (χ2v) is 11.4. The molecule has 0 radical (unpaired) electrons. The zero-order valence-corrected chi connectivity index (χ0v) is 24.1. The summed E-state index contributed by atoms with van der Waals surface area (Å²) in [6.07, 6.45) is 0. The Labute approximate surface area is 255 Å². The van der Waals surface area contributed by atoms with Crippen LogP contribution in [0.1, 0.15) is 0 Å². The molecule has 9 rings (SSSR count). The summed E-state index contributed by atoms with van der Waals surface area (Å²) in [5, 5.41) is 5.04. The van der Waals surface area contributed by atoms with Gasteiger partial charge in [0, 0.05) is 38.5 Å². The summed E-state index contributed by atoms with van der Waals surface area (Å²) in [6, 6.07) is 61.4. The van der Waals surface area contributed by atoms with E-state index in [1.165, 1.54) is 71.6 Å². The number of hydrogen-bond acceptors (Lipinski definition) is 0. The molecule has 0 N–H and O–H groups in total. The molecule has 0 bridgehead atoms. The predicted octanol–water partition coefficient (Wildman–Crippen LogP) is 11.2. The first kappa shape index (κ1) is 24.7. The van der Waals surface area contributed by atoms with E-state index in [0.717, 1.165) is 5.69 Å². The highest BCUT2D eigenvalue weighted by molar-refractivity contribution is 6.15. The normalized spacial score (nSPS) is 11.6. The van der Waals surface area contributed by atoms with Crippen molar-refractivity contribution in [2.75, 3.05) is 0 Å². The van der Waals surface area contributed by atoms with Gasteiger partial charge in [0.15, 0.2) is 0 Å². The number of aromatic nitrogens is 2. The molecule has 0 saturated carbocycles. The molecular weight excluding hydrogens is 532 g/mol. The first-order chi connectivity index (χ1) is 21.8. The molecular formula is C42H28N2. The summed E-state index contributed by atoms with van der Waals surface area (Å²) in [5.41, 5.74) is 12.1. The molecule has 0 fully saturated rings. The van der Waals surface area contributed by atoms with Gasteiger partial charge in [0.05, 0.1) is 22.1 Å². The monoisotopic (exact) mass is 560 g/mol. The summed E-state index contributed by atoms with van der Waals surface area (Å²) in [6.45, 7) is 0. The smallest absolute Gasteiger partial charge is 0.0619 e. The maximum Gasteiger partial charge on any atom is 0.0619 e. The molecule has 0 atom stereocenters. The molecule has 0 unspecified atom stereocenters. The van der Waals surface area contributed by atoms with Gasteiger partial charge in [-0.05, 0) is 65.2 Å². The molecule has 9 aromatic rings. The van der Waals surface area contributed by atoms with Gasteiger partial charge in [-0.1, -0.05) is 121 Å². The zero-order chi connectivity index (χ0) is 29.0. The van der Waals surface area contributed by atoms with Gasteiger partial charge in [0.1, 0.15) is 0 Å². The quantitative estimate of drug-likeness (QED) is 0.203. The predicted molar refractivity (Wildman–Crippen MR) is 186 cm³/mol. The number of fused-ring (bicyclic) bond motifs is 6. The van der Waals surface area contributed by atoms with Crippen molar-refractivity contribution in [1.82, 2.24) is 9.13 Å².